The molecule has 1 amide bonds. The van der Waals surface area contributed by atoms with Gasteiger partial charge in [-0.15, -0.1) is 0 Å². The number of nitrogens with zero attached hydrogens (tertiary/aromatic N) is 1. The number of nitrogens with one attached hydrogen (secondary N) is 1. The zero-order chi connectivity index (χ0) is 13.3. The maximum absolute atomic E-state index is 11.8. The molecule has 1 aliphatic rings. The molecular formula is C12H14BrClN2O2. The van der Waals surface area contributed by atoms with Crippen LogP contribution in [0.5, 0.6) is 0 Å². The van der Waals surface area contributed by atoms with Crippen LogP contribution in [0.3, 0.4) is 0 Å². The Morgan fingerprint density at radius 1 is 1.61 bits per heavy atom. The molecule has 1 aromatic carbocycles. The fourth-order valence-corrected chi connectivity index (χ4v) is 2.73. The van der Waals surface area contributed by atoms with Crippen LogP contribution in [-0.2, 0) is 4.79 Å². The van der Waals surface area contributed by atoms with Crippen LogP contribution < -0.4 is 5.32 Å². The molecule has 1 fully saturated rings. The number of rotatable bonds is 3. The first-order valence-electron chi connectivity index (χ1n) is 5.55. The first-order chi connectivity index (χ1) is 8.35. The number of anilines is 1. The molecule has 18 heavy (non-hydrogen) atoms. The van der Waals surface area contributed by atoms with Crippen LogP contribution in [0.25, 0.3) is 0 Å². The van der Waals surface area contributed by atoms with Crippen LogP contribution in [0, 0.1) is 0 Å². The molecule has 0 radical (unpaired) electrons. The number of carbonyl (C=O) groups is 1. The molecule has 0 spiro atoms. The third-order valence-corrected chi connectivity index (χ3v) is 3.51. The largest absolute Gasteiger partial charge is 0.388 e. The molecular weight excluding hydrogens is 320 g/mol. The van der Waals surface area contributed by atoms with Crippen LogP contribution in [0.15, 0.2) is 22.7 Å². The predicted molar refractivity (Wildman–Crippen MR) is 74.8 cm³/mol. The Balaban J connectivity index is 1.88. The molecule has 0 atom stereocenters. The highest BCUT2D eigenvalue weighted by atomic mass is 79.9. The highest BCUT2D eigenvalue weighted by Crippen LogP contribution is 2.26. The van der Waals surface area contributed by atoms with Gasteiger partial charge in [0.15, 0.2) is 0 Å². The van der Waals surface area contributed by atoms with Crippen molar-refractivity contribution in [1.29, 1.82) is 0 Å². The van der Waals surface area contributed by atoms with Gasteiger partial charge in [-0.1, -0.05) is 27.5 Å². The second-order valence-corrected chi connectivity index (χ2v) is 6.14. The van der Waals surface area contributed by atoms with Gasteiger partial charge in [-0.3, -0.25) is 9.69 Å². The smallest absolute Gasteiger partial charge is 0.238 e. The quantitative estimate of drug-likeness (QED) is 0.891. The molecule has 98 valence electrons. The number of β-amino-alcohol motifs (C(OH)–C–C–N with tert-alkyl or cyclic N) is 1. The fourth-order valence-electron chi connectivity index (χ4n) is 2.01. The summed E-state index contributed by atoms with van der Waals surface area (Å²) >= 11 is 9.31. The Morgan fingerprint density at radius 2 is 2.28 bits per heavy atom. The number of benzene rings is 1. The summed E-state index contributed by atoms with van der Waals surface area (Å²) in [5.41, 5.74) is -0.0626. The van der Waals surface area contributed by atoms with Crippen LogP contribution in [-0.4, -0.2) is 41.1 Å². The number of halogens is 2. The van der Waals surface area contributed by atoms with E-state index < -0.39 is 5.60 Å². The second-order valence-electron chi connectivity index (χ2n) is 4.81. The van der Waals surface area contributed by atoms with Gasteiger partial charge in [0.1, 0.15) is 0 Å². The zero-order valence-electron chi connectivity index (χ0n) is 9.91. The van der Waals surface area contributed by atoms with Gasteiger partial charge < -0.3 is 10.4 Å². The Hall–Kier alpha value is -0.620. The van der Waals surface area contributed by atoms with Gasteiger partial charge in [0.25, 0.3) is 0 Å². The van der Waals surface area contributed by atoms with Gasteiger partial charge in [-0.05, 0) is 25.1 Å². The molecule has 2 N–H and O–H groups in total. The zero-order valence-corrected chi connectivity index (χ0v) is 12.3. The minimum Gasteiger partial charge on any atom is -0.388 e. The van der Waals surface area contributed by atoms with E-state index in [1.54, 1.807) is 19.1 Å². The number of likely N-dealkylation sites (tertiary alicyclic amines) is 1. The number of carbonyl (C=O) groups excluding carboxylic acids is 1. The summed E-state index contributed by atoms with van der Waals surface area (Å²) in [6.45, 7) is 3.07. The SMILES string of the molecule is CC1(O)CN(CC(=O)Nc2ccc(Br)cc2Cl)C1. The number of amides is 1. The van der Waals surface area contributed by atoms with Crippen molar-refractivity contribution >= 4 is 39.1 Å². The van der Waals surface area contributed by atoms with E-state index in [0.29, 0.717) is 23.8 Å². The lowest BCUT2D eigenvalue weighted by Crippen LogP contribution is -2.61. The lowest BCUT2D eigenvalue weighted by Gasteiger charge is -2.43. The Bertz CT molecular complexity index is 471. The summed E-state index contributed by atoms with van der Waals surface area (Å²) in [7, 11) is 0. The molecule has 1 aromatic rings. The third kappa shape index (κ3) is 3.45. The number of aliphatic hydroxyl groups is 1. The Labute approximate surface area is 119 Å². The molecule has 0 aliphatic carbocycles. The van der Waals surface area contributed by atoms with Crippen LogP contribution in [0.1, 0.15) is 6.92 Å². The molecule has 2 rings (SSSR count). The van der Waals surface area contributed by atoms with Crippen molar-refractivity contribution in [2.75, 3.05) is 25.0 Å². The predicted octanol–water partition coefficient (Wildman–Crippen LogP) is 2.11. The van der Waals surface area contributed by atoms with E-state index in [2.05, 4.69) is 21.2 Å². The van der Waals surface area contributed by atoms with Crippen LogP contribution >= 0.6 is 27.5 Å². The second kappa shape index (κ2) is 5.17. The normalized spacial score (nSPS) is 18.2. The molecule has 0 aromatic heterocycles. The summed E-state index contributed by atoms with van der Waals surface area (Å²) in [5, 5.41) is 12.8. The molecule has 0 saturated carbocycles. The summed E-state index contributed by atoms with van der Waals surface area (Å²) < 4.78 is 0.865. The highest BCUT2D eigenvalue weighted by molar-refractivity contribution is 9.10. The van der Waals surface area contributed by atoms with E-state index in [1.807, 2.05) is 11.0 Å². The van der Waals surface area contributed by atoms with Gasteiger partial charge >= 0.3 is 0 Å². The van der Waals surface area contributed by atoms with Gasteiger partial charge in [-0.25, -0.2) is 0 Å². The van der Waals surface area contributed by atoms with E-state index in [-0.39, 0.29) is 12.5 Å². The first-order valence-corrected chi connectivity index (χ1v) is 6.72. The van der Waals surface area contributed by atoms with Gasteiger partial charge in [0.05, 0.1) is 22.9 Å². The highest BCUT2D eigenvalue weighted by Gasteiger charge is 2.37. The standard InChI is InChI=1S/C12H14BrClN2O2/c1-12(18)6-16(7-12)5-11(17)15-10-3-2-8(13)4-9(10)14/h2-4,18H,5-7H2,1H3,(H,15,17). The van der Waals surface area contributed by atoms with Crippen molar-refractivity contribution in [2.45, 2.75) is 12.5 Å². The van der Waals surface area contributed by atoms with Crippen LogP contribution in [0.4, 0.5) is 5.69 Å². The lowest BCUT2D eigenvalue weighted by atomic mass is 9.97. The minimum absolute atomic E-state index is 0.130. The maximum atomic E-state index is 11.8. The van der Waals surface area contributed by atoms with Crippen molar-refractivity contribution in [3.8, 4) is 0 Å². The van der Waals surface area contributed by atoms with Gasteiger partial charge in [0.2, 0.25) is 5.91 Å². The first kappa shape index (κ1) is 13.8. The number of hydrogen-bond donors (Lipinski definition) is 2. The molecule has 4 nitrogen and oxygen atoms in total. The van der Waals surface area contributed by atoms with Crippen molar-refractivity contribution in [3.63, 3.8) is 0 Å². The summed E-state index contributed by atoms with van der Waals surface area (Å²) in [4.78, 5) is 13.6. The average Bonchev–Trinajstić information content (AvgIpc) is 2.19. The molecule has 1 heterocycles. The van der Waals surface area contributed by atoms with E-state index in [1.165, 1.54) is 0 Å². The Kier molecular flexibility index (Phi) is 3.96. The maximum Gasteiger partial charge on any atom is 0.238 e. The van der Waals surface area contributed by atoms with Crippen molar-refractivity contribution < 1.29 is 9.90 Å². The van der Waals surface area contributed by atoms with Crippen molar-refractivity contribution in [3.05, 3.63) is 27.7 Å². The molecule has 0 bridgehead atoms. The summed E-state index contributed by atoms with van der Waals surface area (Å²) in [6, 6.07) is 5.29. The summed E-state index contributed by atoms with van der Waals surface area (Å²) in [6.07, 6.45) is 0. The van der Waals surface area contributed by atoms with Crippen LogP contribution in [0.2, 0.25) is 5.02 Å². The Morgan fingerprint density at radius 3 is 2.83 bits per heavy atom. The average molecular weight is 334 g/mol. The van der Waals surface area contributed by atoms with Gasteiger partial charge in [0, 0.05) is 17.6 Å². The molecule has 1 saturated heterocycles. The topological polar surface area (TPSA) is 52.6 Å². The molecule has 1 aliphatic heterocycles. The van der Waals surface area contributed by atoms with E-state index in [0.717, 1.165) is 4.47 Å². The van der Waals surface area contributed by atoms with E-state index >= 15 is 0 Å². The van der Waals surface area contributed by atoms with E-state index in [9.17, 15) is 9.90 Å². The van der Waals surface area contributed by atoms with Crippen molar-refractivity contribution in [2.24, 2.45) is 0 Å². The molecule has 0 unspecified atom stereocenters. The fraction of sp³-hybridized carbons (Fsp3) is 0.417. The minimum atomic E-state index is -0.657. The third-order valence-electron chi connectivity index (χ3n) is 2.70. The lowest BCUT2D eigenvalue weighted by molar-refractivity contribution is -0.125. The monoisotopic (exact) mass is 332 g/mol. The van der Waals surface area contributed by atoms with Gasteiger partial charge in [-0.2, -0.15) is 0 Å². The van der Waals surface area contributed by atoms with E-state index in [4.69, 9.17) is 11.6 Å². The summed E-state index contributed by atoms with van der Waals surface area (Å²) in [5.74, 6) is -0.130. The molecule has 6 heteroatoms. The number of hydrogen-bond acceptors (Lipinski definition) is 3. The van der Waals surface area contributed by atoms with Crippen molar-refractivity contribution in [1.82, 2.24) is 4.90 Å².